The lowest BCUT2D eigenvalue weighted by molar-refractivity contribution is 0.0695. The predicted octanol–water partition coefficient (Wildman–Crippen LogP) is 4.88. The summed E-state index contributed by atoms with van der Waals surface area (Å²) in [4.78, 5) is 29.9. The second-order valence-electron chi connectivity index (χ2n) is 9.40. The third kappa shape index (κ3) is 4.49. The van der Waals surface area contributed by atoms with Crippen molar-refractivity contribution in [2.75, 3.05) is 26.2 Å². The molecule has 0 unspecified atom stereocenters. The molecule has 0 bridgehead atoms. The van der Waals surface area contributed by atoms with Gasteiger partial charge in [-0.05, 0) is 79.5 Å². The van der Waals surface area contributed by atoms with Crippen LogP contribution in [-0.4, -0.2) is 57.4 Å². The van der Waals surface area contributed by atoms with Crippen LogP contribution in [-0.2, 0) is 0 Å². The number of hydrogen-bond acceptors (Lipinski definition) is 3. The zero-order valence-corrected chi connectivity index (χ0v) is 19.7. The summed E-state index contributed by atoms with van der Waals surface area (Å²) in [5.74, 6) is 1.18. The molecular weight excluding hydrogens is 436 g/mol. The molecule has 4 heterocycles. The van der Waals surface area contributed by atoms with Gasteiger partial charge in [-0.3, -0.25) is 9.59 Å². The van der Waals surface area contributed by atoms with E-state index >= 15 is 0 Å². The Kier molecular flexibility index (Phi) is 6.11. The highest BCUT2D eigenvalue weighted by molar-refractivity contribution is 6.30. The van der Waals surface area contributed by atoms with Crippen molar-refractivity contribution in [3.8, 4) is 0 Å². The smallest absolute Gasteiger partial charge is 0.257 e. The number of nitrogens with zero attached hydrogens (tertiary/aromatic N) is 4. The molecule has 2 saturated heterocycles. The number of pyridine rings is 1. The molecule has 3 aromatic rings. The molecule has 0 spiro atoms. The number of amides is 2. The summed E-state index contributed by atoms with van der Waals surface area (Å²) in [7, 11) is 0. The summed E-state index contributed by atoms with van der Waals surface area (Å²) in [5, 5.41) is 5.05. The van der Waals surface area contributed by atoms with Crippen LogP contribution >= 0.6 is 11.6 Å². The lowest BCUT2D eigenvalue weighted by Crippen LogP contribution is -2.38. The monoisotopic (exact) mass is 464 g/mol. The van der Waals surface area contributed by atoms with Crippen LogP contribution in [0.2, 0.25) is 5.02 Å². The normalized spacial score (nSPS) is 18.1. The number of rotatable bonds is 3. The Labute approximate surface area is 199 Å². The number of likely N-dealkylation sites (tertiary alicyclic amines) is 2. The summed E-state index contributed by atoms with van der Waals surface area (Å²) in [6, 6.07) is 11.3. The Morgan fingerprint density at radius 3 is 2.24 bits per heavy atom. The first kappa shape index (κ1) is 22.0. The Morgan fingerprint density at radius 1 is 0.909 bits per heavy atom. The third-order valence-electron chi connectivity index (χ3n) is 7.19. The fourth-order valence-electron chi connectivity index (χ4n) is 4.99. The van der Waals surface area contributed by atoms with E-state index in [-0.39, 0.29) is 11.8 Å². The molecule has 0 N–H and O–H groups in total. The Morgan fingerprint density at radius 2 is 1.55 bits per heavy atom. The minimum Gasteiger partial charge on any atom is -0.339 e. The maximum atomic E-state index is 13.2. The average molecular weight is 465 g/mol. The molecule has 1 aromatic carbocycles. The first-order chi connectivity index (χ1) is 16.0. The Hall–Kier alpha value is -2.86. The third-order valence-corrected chi connectivity index (χ3v) is 7.44. The lowest BCUT2D eigenvalue weighted by Gasteiger charge is -2.32. The number of halogens is 1. The Balaban J connectivity index is 1.29. The van der Waals surface area contributed by atoms with Crippen molar-refractivity contribution < 1.29 is 9.59 Å². The molecular formula is C26H29ClN4O2. The SMILES string of the molecule is CC1CCN(C(=O)c2cnn3ccc(C4CCN(C(=O)c5ccc(Cl)cc5)CC4)cc23)CC1. The number of aromatic nitrogens is 2. The molecule has 2 aromatic heterocycles. The molecule has 2 aliphatic rings. The van der Waals surface area contributed by atoms with E-state index in [1.54, 1.807) is 35.0 Å². The van der Waals surface area contributed by atoms with Gasteiger partial charge in [-0.1, -0.05) is 18.5 Å². The zero-order chi connectivity index (χ0) is 22.9. The van der Waals surface area contributed by atoms with Crippen LogP contribution in [0.25, 0.3) is 5.52 Å². The molecule has 172 valence electrons. The van der Waals surface area contributed by atoms with Gasteiger partial charge < -0.3 is 9.80 Å². The van der Waals surface area contributed by atoms with Gasteiger partial charge >= 0.3 is 0 Å². The van der Waals surface area contributed by atoms with Crippen LogP contribution in [0.3, 0.4) is 0 Å². The van der Waals surface area contributed by atoms with E-state index in [1.807, 2.05) is 16.0 Å². The van der Waals surface area contributed by atoms with E-state index in [9.17, 15) is 9.59 Å². The highest BCUT2D eigenvalue weighted by atomic mass is 35.5. The van der Waals surface area contributed by atoms with Gasteiger partial charge in [-0.25, -0.2) is 4.52 Å². The average Bonchev–Trinajstić information content (AvgIpc) is 3.27. The zero-order valence-electron chi connectivity index (χ0n) is 18.9. The number of carbonyl (C=O) groups is 2. The van der Waals surface area contributed by atoms with E-state index in [2.05, 4.69) is 24.2 Å². The fraction of sp³-hybridized carbons (Fsp3) is 0.423. The van der Waals surface area contributed by atoms with Crippen LogP contribution in [0.5, 0.6) is 0 Å². The van der Waals surface area contributed by atoms with E-state index < -0.39 is 0 Å². The standard InChI is InChI=1S/C26H29ClN4O2/c1-18-6-11-30(12-7-18)26(33)23-17-28-31-15-10-21(16-24(23)31)19-8-13-29(14-9-19)25(32)20-2-4-22(27)5-3-20/h2-5,10,15-19H,6-9,11-14H2,1H3. The number of carbonyl (C=O) groups excluding carboxylic acids is 2. The molecule has 7 heteroatoms. The number of fused-ring (bicyclic) bond motifs is 1. The van der Waals surface area contributed by atoms with Gasteiger partial charge in [0.1, 0.15) is 0 Å². The first-order valence-electron chi connectivity index (χ1n) is 11.8. The molecule has 0 radical (unpaired) electrons. The van der Waals surface area contributed by atoms with Gasteiger partial charge in [0.25, 0.3) is 11.8 Å². The number of hydrogen-bond donors (Lipinski definition) is 0. The van der Waals surface area contributed by atoms with Crippen molar-refractivity contribution in [1.29, 1.82) is 0 Å². The van der Waals surface area contributed by atoms with Crippen LogP contribution in [0.15, 0.2) is 48.8 Å². The van der Waals surface area contributed by atoms with Gasteiger partial charge in [0.05, 0.1) is 17.3 Å². The number of benzene rings is 1. The van der Waals surface area contributed by atoms with Crippen molar-refractivity contribution in [3.63, 3.8) is 0 Å². The van der Waals surface area contributed by atoms with E-state index in [1.165, 1.54) is 5.56 Å². The largest absolute Gasteiger partial charge is 0.339 e. The van der Waals surface area contributed by atoms with Crippen LogP contribution in [0, 0.1) is 5.92 Å². The van der Waals surface area contributed by atoms with E-state index in [4.69, 9.17) is 11.6 Å². The second-order valence-corrected chi connectivity index (χ2v) is 9.83. The van der Waals surface area contributed by atoms with Gasteiger partial charge in [0, 0.05) is 43.0 Å². The molecule has 0 atom stereocenters. The van der Waals surface area contributed by atoms with Crippen LogP contribution in [0.1, 0.15) is 64.8 Å². The van der Waals surface area contributed by atoms with Gasteiger partial charge in [-0.15, -0.1) is 0 Å². The molecule has 5 rings (SSSR count). The topological polar surface area (TPSA) is 57.9 Å². The van der Waals surface area contributed by atoms with Gasteiger partial charge in [0.2, 0.25) is 0 Å². The molecule has 0 saturated carbocycles. The van der Waals surface area contributed by atoms with Crippen molar-refractivity contribution in [3.05, 3.63) is 70.5 Å². The number of piperidine rings is 2. The van der Waals surface area contributed by atoms with Crippen molar-refractivity contribution in [1.82, 2.24) is 19.4 Å². The summed E-state index contributed by atoms with van der Waals surface area (Å²) in [6.07, 6.45) is 7.57. The van der Waals surface area contributed by atoms with Crippen LogP contribution in [0.4, 0.5) is 0 Å². The molecule has 2 aliphatic heterocycles. The molecule has 33 heavy (non-hydrogen) atoms. The molecule has 2 amide bonds. The second kappa shape index (κ2) is 9.18. The molecule has 0 aliphatic carbocycles. The van der Waals surface area contributed by atoms with Crippen molar-refractivity contribution in [2.45, 2.75) is 38.5 Å². The minimum atomic E-state index is 0.0556. The summed E-state index contributed by atoms with van der Waals surface area (Å²) in [5.41, 5.74) is 3.44. The van der Waals surface area contributed by atoms with Crippen LogP contribution < -0.4 is 0 Å². The van der Waals surface area contributed by atoms with E-state index in [0.29, 0.717) is 41.1 Å². The maximum Gasteiger partial charge on any atom is 0.257 e. The molecule has 2 fully saturated rings. The summed E-state index contributed by atoms with van der Waals surface area (Å²) >= 11 is 5.95. The lowest BCUT2D eigenvalue weighted by atomic mass is 9.89. The summed E-state index contributed by atoms with van der Waals surface area (Å²) < 4.78 is 1.79. The van der Waals surface area contributed by atoms with E-state index in [0.717, 1.165) is 44.3 Å². The Bertz CT molecular complexity index is 1160. The predicted molar refractivity (Wildman–Crippen MR) is 129 cm³/mol. The highest BCUT2D eigenvalue weighted by Crippen LogP contribution is 2.30. The van der Waals surface area contributed by atoms with Crippen molar-refractivity contribution >= 4 is 28.9 Å². The quantitative estimate of drug-likeness (QED) is 0.555. The van der Waals surface area contributed by atoms with Crippen molar-refractivity contribution in [2.24, 2.45) is 5.92 Å². The minimum absolute atomic E-state index is 0.0556. The molecule has 6 nitrogen and oxygen atoms in total. The van der Waals surface area contributed by atoms with Gasteiger partial charge in [-0.2, -0.15) is 5.10 Å². The first-order valence-corrected chi connectivity index (χ1v) is 12.2. The summed E-state index contributed by atoms with van der Waals surface area (Å²) in [6.45, 7) is 5.31. The van der Waals surface area contributed by atoms with Gasteiger partial charge in [0.15, 0.2) is 0 Å². The maximum absolute atomic E-state index is 13.2. The fourth-order valence-corrected chi connectivity index (χ4v) is 5.11. The highest BCUT2D eigenvalue weighted by Gasteiger charge is 2.27.